The van der Waals surface area contributed by atoms with E-state index < -0.39 is 0 Å². The van der Waals surface area contributed by atoms with Crippen LogP contribution in [0.5, 0.6) is 11.5 Å². The van der Waals surface area contributed by atoms with Crippen LogP contribution in [0.3, 0.4) is 0 Å². The molecule has 2 amide bonds. The number of carbonyl (C=O) groups excluding carboxylic acids is 2. The Morgan fingerprint density at radius 3 is 1.45 bits per heavy atom. The summed E-state index contributed by atoms with van der Waals surface area (Å²) in [6.45, 7) is 3.76. The minimum Gasteiger partial charge on any atom is -0.508 e. The Kier molecular flexibility index (Phi) is 6.66. The van der Waals surface area contributed by atoms with E-state index in [-0.39, 0.29) is 46.8 Å². The number of nitrogens with one attached hydrogen (secondary N) is 2. The third-order valence-corrected chi connectivity index (χ3v) is 6.61. The van der Waals surface area contributed by atoms with Gasteiger partial charge in [0.1, 0.15) is 22.9 Å². The van der Waals surface area contributed by atoms with E-state index in [4.69, 9.17) is 0 Å². The van der Waals surface area contributed by atoms with Gasteiger partial charge in [0, 0.05) is 0 Å². The van der Waals surface area contributed by atoms with Crippen molar-refractivity contribution in [3.05, 3.63) is 114 Å². The van der Waals surface area contributed by atoms with Crippen LogP contribution in [0.4, 0.5) is 0 Å². The van der Waals surface area contributed by atoms with Crippen molar-refractivity contribution in [3.63, 3.8) is 0 Å². The van der Waals surface area contributed by atoms with Crippen molar-refractivity contribution in [1.29, 1.82) is 0 Å². The Hall–Kier alpha value is -4.91. The topological polar surface area (TPSA) is 112 Å². The van der Waals surface area contributed by atoms with Crippen molar-refractivity contribution in [2.75, 3.05) is 0 Å². The minimum absolute atomic E-state index is 0.147. The number of aromatic nitrogens is 1. The second-order valence-electron chi connectivity index (χ2n) is 9.38. The van der Waals surface area contributed by atoms with E-state index in [1.807, 2.05) is 62.4 Å². The molecule has 1 aromatic heterocycles. The van der Waals surface area contributed by atoms with E-state index >= 15 is 0 Å². The van der Waals surface area contributed by atoms with Gasteiger partial charge in [-0.25, -0.2) is 4.98 Å². The molecule has 2 atom stereocenters. The van der Waals surface area contributed by atoms with Crippen LogP contribution < -0.4 is 10.6 Å². The molecule has 0 bridgehead atoms. The van der Waals surface area contributed by atoms with Crippen molar-refractivity contribution in [2.24, 2.45) is 0 Å². The van der Waals surface area contributed by atoms with Crippen molar-refractivity contribution in [2.45, 2.75) is 25.9 Å². The predicted molar refractivity (Wildman–Crippen MR) is 147 cm³/mol. The third-order valence-electron chi connectivity index (χ3n) is 6.61. The van der Waals surface area contributed by atoms with Gasteiger partial charge in [0.05, 0.1) is 12.1 Å². The fourth-order valence-electron chi connectivity index (χ4n) is 4.44. The van der Waals surface area contributed by atoms with Gasteiger partial charge in [-0.3, -0.25) is 9.59 Å². The lowest BCUT2D eigenvalue weighted by Crippen LogP contribution is -2.30. The molecule has 7 heteroatoms. The number of amides is 2. The number of rotatable bonds is 6. The molecule has 38 heavy (non-hydrogen) atoms. The molecule has 0 saturated carbocycles. The van der Waals surface area contributed by atoms with Gasteiger partial charge in [0.2, 0.25) is 0 Å². The highest BCUT2D eigenvalue weighted by Gasteiger charge is 2.17. The molecule has 2 unspecified atom stereocenters. The van der Waals surface area contributed by atoms with Gasteiger partial charge < -0.3 is 20.8 Å². The highest BCUT2D eigenvalue weighted by atomic mass is 16.3. The lowest BCUT2D eigenvalue weighted by molar-refractivity contribution is 0.0930. The van der Waals surface area contributed by atoms with Crippen molar-refractivity contribution in [3.8, 4) is 11.5 Å². The van der Waals surface area contributed by atoms with Crippen molar-refractivity contribution in [1.82, 2.24) is 15.6 Å². The van der Waals surface area contributed by atoms with Crippen LogP contribution in [0, 0.1) is 0 Å². The summed E-state index contributed by atoms with van der Waals surface area (Å²) in [6, 6.07) is 26.0. The molecule has 5 rings (SSSR count). The van der Waals surface area contributed by atoms with Gasteiger partial charge >= 0.3 is 0 Å². The first-order valence-electron chi connectivity index (χ1n) is 12.3. The molecule has 4 aromatic carbocycles. The molecule has 5 aromatic rings. The highest BCUT2D eigenvalue weighted by Crippen LogP contribution is 2.25. The Labute approximate surface area is 219 Å². The molecule has 0 aliphatic carbocycles. The van der Waals surface area contributed by atoms with Crippen LogP contribution in [-0.4, -0.2) is 27.0 Å². The normalized spacial score (nSPS) is 12.7. The highest BCUT2D eigenvalue weighted by molar-refractivity contribution is 5.96. The lowest BCUT2D eigenvalue weighted by atomic mass is 10.0. The number of benzene rings is 4. The summed E-state index contributed by atoms with van der Waals surface area (Å²) < 4.78 is 0. The predicted octanol–water partition coefficient (Wildman–Crippen LogP) is 5.78. The Balaban J connectivity index is 1.27. The number of hydrogen-bond acceptors (Lipinski definition) is 5. The van der Waals surface area contributed by atoms with Crippen molar-refractivity contribution >= 4 is 33.4 Å². The largest absolute Gasteiger partial charge is 0.508 e. The van der Waals surface area contributed by atoms with Crippen LogP contribution in [-0.2, 0) is 0 Å². The maximum atomic E-state index is 12.9. The average molecular weight is 506 g/mol. The summed E-state index contributed by atoms with van der Waals surface area (Å²) in [5, 5.41) is 28.9. The number of phenolic OH excluding ortho intramolecular Hbond substituents is 2. The summed E-state index contributed by atoms with van der Waals surface area (Å²) in [7, 11) is 0. The summed E-state index contributed by atoms with van der Waals surface area (Å²) in [4.78, 5) is 30.2. The van der Waals surface area contributed by atoms with Crippen molar-refractivity contribution < 1.29 is 19.8 Å². The first-order valence-corrected chi connectivity index (χ1v) is 12.3. The van der Waals surface area contributed by atoms with Gasteiger partial charge in [-0.15, -0.1) is 0 Å². The molecule has 0 aliphatic heterocycles. The number of phenols is 2. The van der Waals surface area contributed by atoms with Gasteiger partial charge in [0.15, 0.2) is 0 Å². The van der Waals surface area contributed by atoms with E-state index in [0.29, 0.717) is 0 Å². The van der Waals surface area contributed by atoms with Crippen LogP contribution in [0.2, 0.25) is 0 Å². The number of nitrogens with zero attached hydrogens (tertiary/aromatic N) is 1. The maximum absolute atomic E-state index is 12.9. The summed E-state index contributed by atoms with van der Waals surface area (Å²) in [5.74, 6) is -0.364. The number of hydrogen-bond donors (Lipinski definition) is 4. The Bertz CT molecular complexity index is 1560. The fourth-order valence-corrected chi connectivity index (χ4v) is 4.44. The molecule has 7 nitrogen and oxygen atoms in total. The standard InChI is InChI=1S/C31H27N3O4/c1-18(20-6-8-24-16-26(35)12-10-22(24)14-20)32-30(37)28-4-3-5-29(34-28)31(38)33-19(2)21-7-9-25-17-27(36)13-11-23(25)15-21/h3-19,35-36H,1-2H3,(H,32,37)(H,33,38). The van der Waals surface area contributed by atoms with Gasteiger partial charge in [0.25, 0.3) is 11.8 Å². The number of pyridine rings is 1. The zero-order valence-electron chi connectivity index (χ0n) is 21.0. The molecule has 0 saturated heterocycles. The fraction of sp³-hybridized carbons (Fsp3) is 0.129. The van der Waals surface area contributed by atoms with Gasteiger partial charge in [-0.1, -0.05) is 42.5 Å². The summed E-state index contributed by atoms with van der Waals surface area (Å²) in [6.07, 6.45) is 0. The summed E-state index contributed by atoms with van der Waals surface area (Å²) >= 11 is 0. The average Bonchev–Trinajstić information content (AvgIpc) is 2.92. The molecule has 0 fully saturated rings. The molecule has 0 radical (unpaired) electrons. The second-order valence-corrected chi connectivity index (χ2v) is 9.38. The monoisotopic (exact) mass is 505 g/mol. The van der Waals surface area contributed by atoms with E-state index in [2.05, 4.69) is 15.6 Å². The van der Waals surface area contributed by atoms with E-state index in [1.54, 1.807) is 42.5 Å². The number of aromatic hydroxyl groups is 2. The van der Waals surface area contributed by atoms with Crippen LogP contribution in [0.1, 0.15) is 58.0 Å². The van der Waals surface area contributed by atoms with Crippen LogP contribution in [0.25, 0.3) is 21.5 Å². The van der Waals surface area contributed by atoms with Crippen LogP contribution in [0.15, 0.2) is 91.0 Å². The second kappa shape index (κ2) is 10.2. The summed E-state index contributed by atoms with van der Waals surface area (Å²) in [5.41, 5.74) is 2.11. The first-order chi connectivity index (χ1) is 18.3. The molecule has 1 heterocycles. The zero-order valence-corrected chi connectivity index (χ0v) is 21.0. The molecule has 0 aliphatic rings. The third kappa shape index (κ3) is 5.27. The van der Waals surface area contributed by atoms with E-state index in [1.165, 1.54) is 0 Å². The van der Waals surface area contributed by atoms with Gasteiger partial charge in [-0.2, -0.15) is 0 Å². The molecular weight excluding hydrogens is 478 g/mol. The molecule has 190 valence electrons. The van der Waals surface area contributed by atoms with Gasteiger partial charge in [-0.05, 0) is 95.1 Å². The smallest absolute Gasteiger partial charge is 0.270 e. The Morgan fingerprint density at radius 2 is 1.00 bits per heavy atom. The number of fused-ring (bicyclic) bond motifs is 2. The van der Waals surface area contributed by atoms with Crippen LogP contribution >= 0.6 is 0 Å². The lowest BCUT2D eigenvalue weighted by Gasteiger charge is -2.16. The maximum Gasteiger partial charge on any atom is 0.270 e. The molecule has 4 N–H and O–H groups in total. The minimum atomic E-state index is -0.385. The Morgan fingerprint density at radius 1 is 0.605 bits per heavy atom. The van der Waals surface area contributed by atoms with E-state index in [0.717, 1.165) is 32.7 Å². The molecule has 0 spiro atoms. The van der Waals surface area contributed by atoms with E-state index in [9.17, 15) is 19.8 Å². The zero-order chi connectivity index (χ0) is 26.8. The SMILES string of the molecule is CC(NC(=O)c1cccc(C(=O)NC(C)c2ccc3cc(O)ccc3c2)n1)c1ccc2cc(O)ccc2c1. The quantitative estimate of drug-likeness (QED) is 0.234. The number of carbonyl (C=O) groups is 2. The molecular formula is C31H27N3O4. The first kappa shape index (κ1) is 24.8.